The Morgan fingerprint density at radius 1 is 0.376 bits per heavy atom. The second-order valence-corrected chi connectivity index (χ2v) is 26.6. The van der Waals surface area contributed by atoms with Crippen LogP contribution in [0.5, 0.6) is 0 Å². The highest BCUT2D eigenvalue weighted by molar-refractivity contribution is 7.45. The van der Waals surface area contributed by atoms with E-state index in [4.69, 9.17) is 18.5 Å². The number of esters is 2. The van der Waals surface area contributed by atoms with Gasteiger partial charge in [-0.05, 0) is 70.6 Å². The number of hydrogen-bond donors (Lipinski definition) is 0. The number of carbonyl (C=O) groups excluding carboxylic acids is 2. The molecule has 0 bridgehead atoms. The monoisotopic (exact) mass is 1210 g/mol. The number of carbonyl (C=O) groups is 2. The zero-order valence-electron chi connectivity index (χ0n) is 56.3. The van der Waals surface area contributed by atoms with Crippen LogP contribution in [0, 0.1) is 0 Å². The molecule has 0 aliphatic rings. The quantitative estimate of drug-likeness (QED) is 0.0195. The normalized spacial score (nSPS) is 13.6. The number of rotatable bonds is 66. The maximum atomic E-state index is 12.8. The molecule has 85 heavy (non-hydrogen) atoms. The number of phosphoric acid groups is 1. The molecule has 0 aromatic rings. The van der Waals surface area contributed by atoms with Crippen molar-refractivity contribution in [1.29, 1.82) is 0 Å². The summed E-state index contributed by atoms with van der Waals surface area (Å²) >= 11 is 0. The van der Waals surface area contributed by atoms with Crippen LogP contribution in [-0.4, -0.2) is 70.0 Å². The van der Waals surface area contributed by atoms with Crippen LogP contribution in [0.15, 0.2) is 85.1 Å². The second-order valence-electron chi connectivity index (χ2n) is 25.2. The lowest BCUT2D eigenvalue weighted by atomic mass is 10.0. The third-order valence-electron chi connectivity index (χ3n) is 15.7. The summed E-state index contributed by atoms with van der Waals surface area (Å²) in [6.07, 6.45) is 89.8. The van der Waals surface area contributed by atoms with Crippen molar-refractivity contribution in [2.45, 2.75) is 335 Å². The van der Waals surface area contributed by atoms with Crippen molar-refractivity contribution < 1.29 is 42.1 Å². The zero-order chi connectivity index (χ0) is 61.9. The smallest absolute Gasteiger partial charge is 0.306 e. The van der Waals surface area contributed by atoms with Crippen molar-refractivity contribution in [2.24, 2.45) is 0 Å². The SMILES string of the molecule is CC/C=C\C/C=C\C/C=C\C/C=C\C/C=C\C/C=C\C/C=C\CCCCCC(=O)OC(COC(=O)CCCCCCCCCCCCCCCCCCCCCCCCCCCCCCCCCCCCCC)COP(=O)([O-])OCC[N+](C)(C)C. The molecular formula is C75H136NO8P. The standard InChI is InChI=1S/C75H136NO8P/c1-6-8-10-12-14-16-18-20-22-24-26-28-30-32-33-34-35-36-37-38-39-40-41-42-44-45-47-49-51-53-55-57-59-61-63-65-67-74(77)81-71-73(72-83-85(79,80)82-70-69-76(3,4)5)84-75(78)68-66-64-62-60-58-56-54-52-50-48-46-43-31-29-27-25-23-21-19-17-15-13-11-9-7-2/h9,11,15,17,21,23,27,29,43,46,50,52,56,58,73H,6-8,10,12-14,16,18-20,22,24-26,28,30-42,44-45,47-49,51,53-55,57,59-72H2,1-5H3/b11-9-,17-15-,23-21-,29-27-,46-43-,52-50-,58-56-. The van der Waals surface area contributed by atoms with Gasteiger partial charge in [0.1, 0.15) is 19.8 Å². The number of hydrogen-bond acceptors (Lipinski definition) is 8. The Labute approximate surface area is 526 Å². The molecule has 0 N–H and O–H groups in total. The van der Waals surface area contributed by atoms with E-state index < -0.39 is 26.5 Å². The Kier molecular flexibility index (Phi) is 63.5. The fraction of sp³-hybridized carbons (Fsp3) is 0.787. The fourth-order valence-corrected chi connectivity index (χ4v) is 11.0. The highest BCUT2D eigenvalue weighted by Crippen LogP contribution is 2.38. The Balaban J connectivity index is 4.02. The molecule has 10 heteroatoms. The van der Waals surface area contributed by atoms with Gasteiger partial charge >= 0.3 is 11.9 Å². The minimum atomic E-state index is -4.66. The predicted octanol–water partition coefficient (Wildman–Crippen LogP) is 22.7. The molecule has 0 saturated carbocycles. The summed E-state index contributed by atoms with van der Waals surface area (Å²) < 4.78 is 34.3. The number of allylic oxidation sites excluding steroid dienone is 14. The van der Waals surface area contributed by atoms with Crippen LogP contribution < -0.4 is 4.89 Å². The van der Waals surface area contributed by atoms with Gasteiger partial charge in [-0.1, -0.05) is 330 Å². The lowest BCUT2D eigenvalue weighted by molar-refractivity contribution is -0.870. The minimum absolute atomic E-state index is 0.0405. The Hall–Kier alpha value is -2.81. The molecule has 0 aromatic heterocycles. The minimum Gasteiger partial charge on any atom is -0.756 e. The van der Waals surface area contributed by atoms with Gasteiger partial charge in [0, 0.05) is 12.8 Å². The number of quaternary nitrogens is 1. The zero-order valence-corrected chi connectivity index (χ0v) is 57.2. The lowest BCUT2D eigenvalue weighted by Gasteiger charge is -2.28. The Morgan fingerprint density at radius 2 is 0.671 bits per heavy atom. The largest absolute Gasteiger partial charge is 0.756 e. The maximum absolute atomic E-state index is 12.8. The van der Waals surface area contributed by atoms with E-state index in [0.717, 1.165) is 83.5 Å². The van der Waals surface area contributed by atoms with Crippen LogP contribution in [0.1, 0.15) is 328 Å². The highest BCUT2D eigenvalue weighted by Gasteiger charge is 2.22. The summed E-state index contributed by atoms with van der Waals surface area (Å²) in [4.78, 5) is 38.0. The van der Waals surface area contributed by atoms with E-state index >= 15 is 0 Å². The first-order chi connectivity index (χ1) is 41.5. The summed E-state index contributed by atoms with van der Waals surface area (Å²) in [6, 6.07) is 0. The first-order valence-corrected chi connectivity index (χ1v) is 37.3. The van der Waals surface area contributed by atoms with Gasteiger partial charge < -0.3 is 27.9 Å². The molecule has 0 aliphatic carbocycles. The number of unbranched alkanes of at least 4 members (excludes halogenated alkanes) is 38. The molecule has 0 saturated heterocycles. The van der Waals surface area contributed by atoms with Gasteiger partial charge in [0.2, 0.25) is 0 Å². The Bertz CT molecular complexity index is 1710. The van der Waals surface area contributed by atoms with Crippen molar-refractivity contribution in [3.05, 3.63) is 85.1 Å². The van der Waals surface area contributed by atoms with Crippen LogP contribution in [0.25, 0.3) is 0 Å². The molecule has 0 spiro atoms. The van der Waals surface area contributed by atoms with E-state index in [-0.39, 0.29) is 32.0 Å². The molecule has 0 rings (SSSR count). The van der Waals surface area contributed by atoms with Crippen molar-refractivity contribution in [1.82, 2.24) is 0 Å². The van der Waals surface area contributed by atoms with Gasteiger partial charge in [0.15, 0.2) is 6.10 Å². The number of ether oxygens (including phenoxy) is 2. The van der Waals surface area contributed by atoms with E-state index in [1.165, 1.54) is 212 Å². The number of nitrogens with zero attached hydrogens (tertiary/aromatic N) is 1. The summed E-state index contributed by atoms with van der Waals surface area (Å²) in [5.41, 5.74) is 0. The first kappa shape index (κ1) is 82.2. The molecule has 2 atom stereocenters. The van der Waals surface area contributed by atoms with Crippen LogP contribution in [0.3, 0.4) is 0 Å². The van der Waals surface area contributed by atoms with Crippen molar-refractivity contribution in [2.75, 3.05) is 47.5 Å². The summed E-state index contributed by atoms with van der Waals surface area (Å²) in [5.74, 6) is -0.864. The topological polar surface area (TPSA) is 111 Å². The number of likely N-dealkylation sites (N-methyl/N-ethyl adjacent to an activating group) is 1. The summed E-state index contributed by atoms with van der Waals surface area (Å²) in [6.45, 7) is 4.12. The van der Waals surface area contributed by atoms with E-state index in [0.29, 0.717) is 17.4 Å². The molecule has 2 unspecified atom stereocenters. The van der Waals surface area contributed by atoms with Gasteiger partial charge in [-0.25, -0.2) is 0 Å². The highest BCUT2D eigenvalue weighted by atomic mass is 31.2. The lowest BCUT2D eigenvalue weighted by Crippen LogP contribution is -2.37. The van der Waals surface area contributed by atoms with Gasteiger partial charge in [-0.2, -0.15) is 0 Å². The van der Waals surface area contributed by atoms with E-state index in [2.05, 4.69) is 98.9 Å². The number of phosphoric ester groups is 1. The molecule has 0 aromatic carbocycles. The first-order valence-electron chi connectivity index (χ1n) is 35.8. The van der Waals surface area contributed by atoms with Crippen molar-refractivity contribution >= 4 is 19.8 Å². The van der Waals surface area contributed by atoms with Crippen LogP contribution in [0.4, 0.5) is 0 Å². The molecule has 0 fully saturated rings. The van der Waals surface area contributed by atoms with Crippen molar-refractivity contribution in [3.63, 3.8) is 0 Å². The van der Waals surface area contributed by atoms with E-state index in [9.17, 15) is 19.0 Å². The maximum Gasteiger partial charge on any atom is 0.306 e. The molecule has 0 heterocycles. The summed E-state index contributed by atoms with van der Waals surface area (Å²) in [5, 5.41) is 0. The predicted molar refractivity (Wildman–Crippen MR) is 365 cm³/mol. The van der Waals surface area contributed by atoms with Crippen LogP contribution >= 0.6 is 7.82 Å². The van der Waals surface area contributed by atoms with E-state index in [1.54, 1.807) is 0 Å². The molecule has 0 aliphatic heterocycles. The third-order valence-corrected chi connectivity index (χ3v) is 16.6. The Morgan fingerprint density at radius 3 is 1.00 bits per heavy atom. The third kappa shape index (κ3) is 70.2. The molecular weight excluding hydrogens is 1070 g/mol. The molecule has 494 valence electrons. The molecule has 0 radical (unpaired) electrons. The van der Waals surface area contributed by atoms with Crippen LogP contribution in [0.2, 0.25) is 0 Å². The van der Waals surface area contributed by atoms with E-state index in [1.807, 2.05) is 21.1 Å². The molecule has 9 nitrogen and oxygen atoms in total. The second kappa shape index (κ2) is 65.6. The molecule has 0 amide bonds. The van der Waals surface area contributed by atoms with Gasteiger partial charge in [-0.15, -0.1) is 0 Å². The average molecular weight is 1210 g/mol. The van der Waals surface area contributed by atoms with Gasteiger partial charge in [-0.3, -0.25) is 14.2 Å². The van der Waals surface area contributed by atoms with Crippen LogP contribution in [-0.2, 0) is 32.7 Å². The van der Waals surface area contributed by atoms with Gasteiger partial charge in [0.05, 0.1) is 27.7 Å². The fourth-order valence-electron chi connectivity index (χ4n) is 10.2. The van der Waals surface area contributed by atoms with Crippen molar-refractivity contribution in [3.8, 4) is 0 Å². The van der Waals surface area contributed by atoms with Gasteiger partial charge in [0.25, 0.3) is 7.82 Å². The summed E-state index contributed by atoms with van der Waals surface area (Å²) in [7, 11) is 1.14. The average Bonchev–Trinajstić information content (AvgIpc) is 3.54.